The van der Waals surface area contributed by atoms with E-state index < -0.39 is 10.9 Å². The number of hydrogen-bond donors (Lipinski definition) is 2. The van der Waals surface area contributed by atoms with Gasteiger partial charge >= 0.3 is 0 Å². The molecule has 1 N–H and O–H groups in total. The number of rotatable bonds is 2. The van der Waals surface area contributed by atoms with Crippen LogP contribution >= 0.6 is 0 Å². The minimum absolute atomic E-state index is 0.231. The van der Waals surface area contributed by atoms with Gasteiger partial charge in [-0.15, -0.1) is 0 Å². The molecule has 1 aliphatic rings. The number of hydrogen-bond acceptors (Lipinski definition) is 2. The summed E-state index contributed by atoms with van der Waals surface area (Å²) in [5.74, 6) is 0. The van der Waals surface area contributed by atoms with Gasteiger partial charge in [0, 0.05) is 6.04 Å². The first-order valence-corrected chi connectivity index (χ1v) is 4.87. The first kappa shape index (κ1) is 8.01. The van der Waals surface area contributed by atoms with Crippen LogP contribution in [0.4, 0.5) is 0 Å². The standard InChI is InChI=1S/C6H13NO2S/c8-10(9)7-6-4-2-1-3-5-6/h6,10H,1-5H2,(H,7,8,9). The first-order chi connectivity index (χ1) is 4.79. The zero-order chi connectivity index (χ0) is 7.40. The van der Waals surface area contributed by atoms with Crippen molar-refractivity contribution in [2.24, 2.45) is 0 Å². The van der Waals surface area contributed by atoms with Gasteiger partial charge in [0.1, 0.15) is 0 Å². The average Bonchev–Trinajstić information content (AvgIpc) is 1.88. The maximum atomic E-state index is 10.2. The summed E-state index contributed by atoms with van der Waals surface area (Å²) in [4.78, 5) is 0. The SMILES string of the molecule is O=[SH](=O)NC1CCCCC1. The molecule has 0 unspecified atom stereocenters. The van der Waals surface area contributed by atoms with Gasteiger partial charge in [0.25, 0.3) is 0 Å². The van der Waals surface area contributed by atoms with Crippen LogP contribution in [0.5, 0.6) is 0 Å². The topological polar surface area (TPSA) is 46.2 Å². The smallest absolute Gasteiger partial charge is 0.201 e. The highest BCUT2D eigenvalue weighted by Gasteiger charge is 2.12. The minimum atomic E-state index is -2.37. The van der Waals surface area contributed by atoms with Crippen molar-refractivity contribution < 1.29 is 8.42 Å². The van der Waals surface area contributed by atoms with E-state index in [9.17, 15) is 8.42 Å². The molecule has 0 aliphatic heterocycles. The summed E-state index contributed by atoms with van der Waals surface area (Å²) >= 11 is 0. The van der Waals surface area contributed by atoms with Crippen molar-refractivity contribution in [3.63, 3.8) is 0 Å². The van der Waals surface area contributed by atoms with E-state index in [0.29, 0.717) is 0 Å². The van der Waals surface area contributed by atoms with Gasteiger partial charge in [0.15, 0.2) is 0 Å². The zero-order valence-electron chi connectivity index (χ0n) is 5.88. The molecule has 4 heteroatoms. The molecule has 60 valence electrons. The van der Waals surface area contributed by atoms with E-state index >= 15 is 0 Å². The molecule has 0 heterocycles. The lowest BCUT2D eigenvalue weighted by Crippen LogP contribution is -2.29. The molecule has 1 saturated carbocycles. The second-order valence-corrected chi connectivity index (χ2v) is 3.49. The summed E-state index contributed by atoms with van der Waals surface area (Å²) in [6.07, 6.45) is 5.63. The fraction of sp³-hybridized carbons (Fsp3) is 1.00. The third-order valence-corrected chi connectivity index (χ3v) is 2.47. The van der Waals surface area contributed by atoms with Crippen LogP contribution in [0, 0.1) is 0 Å². The summed E-state index contributed by atoms with van der Waals surface area (Å²) in [5, 5.41) is 0. The summed E-state index contributed by atoms with van der Waals surface area (Å²) in [6, 6.07) is 0.231. The van der Waals surface area contributed by atoms with Crippen molar-refractivity contribution in [1.82, 2.24) is 4.72 Å². The van der Waals surface area contributed by atoms with E-state index in [1.54, 1.807) is 0 Å². The summed E-state index contributed by atoms with van der Waals surface area (Å²) in [6.45, 7) is 0. The highest BCUT2D eigenvalue weighted by molar-refractivity contribution is 7.70. The molecular formula is C6H13NO2S. The Balaban J connectivity index is 2.26. The van der Waals surface area contributed by atoms with Crippen LogP contribution in [0.15, 0.2) is 0 Å². The molecule has 0 saturated heterocycles. The third kappa shape index (κ3) is 2.66. The van der Waals surface area contributed by atoms with Gasteiger partial charge in [-0.1, -0.05) is 19.3 Å². The second kappa shape index (κ2) is 3.93. The maximum Gasteiger partial charge on any atom is 0.201 e. The molecule has 0 aromatic carbocycles. The van der Waals surface area contributed by atoms with E-state index in [4.69, 9.17) is 0 Å². The van der Waals surface area contributed by atoms with Gasteiger partial charge in [-0.05, 0) is 12.8 Å². The molecule has 0 spiro atoms. The highest BCUT2D eigenvalue weighted by atomic mass is 32.2. The maximum absolute atomic E-state index is 10.2. The third-order valence-electron chi connectivity index (χ3n) is 1.89. The van der Waals surface area contributed by atoms with Crippen LogP contribution in [0.3, 0.4) is 0 Å². The van der Waals surface area contributed by atoms with Crippen molar-refractivity contribution in [3.05, 3.63) is 0 Å². The van der Waals surface area contributed by atoms with Crippen molar-refractivity contribution >= 4 is 10.9 Å². The van der Waals surface area contributed by atoms with E-state index in [1.165, 1.54) is 19.3 Å². The molecular weight excluding hydrogens is 150 g/mol. The molecule has 1 fully saturated rings. The zero-order valence-corrected chi connectivity index (χ0v) is 6.77. The molecule has 0 atom stereocenters. The quantitative estimate of drug-likeness (QED) is 0.580. The molecule has 0 radical (unpaired) electrons. The monoisotopic (exact) mass is 163 g/mol. The lowest BCUT2D eigenvalue weighted by molar-refractivity contribution is 0.415. The Morgan fingerprint density at radius 3 is 2.20 bits per heavy atom. The largest absolute Gasteiger partial charge is 0.216 e. The van der Waals surface area contributed by atoms with Crippen molar-refractivity contribution in [1.29, 1.82) is 0 Å². The Hall–Kier alpha value is -0.0900. The van der Waals surface area contributed by atoms with Crippen LogP contribution in [-0.4, -0.2) is 14.5 Å². The van der Waals surface area contributed by atoms with Gasteiger partial charge in [-0.25, -0.2) is 13.1 Å². The first-order valence-electron chi connectivity index (χ1n) is 3.69. The average molecular weight is 163 g/mol. The predicted octanol–water partition coefficient (Wildman–Crippen LogP) is 0.435. The summed E-state index contributed by atoms with van der Waals surface area (Å²) in [5.41, 5.74) is 0. The lowest BCUT2D eigenvalue weighted by atomic mass is 9.96. The van der Waals surface area contributed by atoms with Gasteiger partial charge < -0.3 is 0 Å². The van der Waals surface area contributed by atoms with Crippen molar-refractivity contribution in [2.75, 3.05) is 0 Å². The molecule has 0 bridgehead atoms. The molecule has 10 heavy (non-hydrogen) atoms. The molecule has 0 aromatic rings. The molecule has 0 aromatic heterocycles. The Kier molecular flexibility index (Phi) is 3.15. The van der Waals surface area contributed by atoms with Crippen molar-refractivity contribution in [2.45, 2.75) is 38.1 Å². The van der Waals surface area contributed by atoms with Gasteiger partial charge in [0.05, 0.1) is 0 Å². The van der Waals surface area contributed by atoms with Crippen LogP contribution < -0.4 is 4.72 Å². The summed E-state index contributed by atoms with van der Waals surface area (Å²) < 4.78 is 22.9. The van der Waals surface area contributed by atoms with Gasteiger partial charge in [0.2, 0.25) is 10.9 Å². The Labute approximate surface area is 62.9 Å². The van der Waals surface area contributed by atoms with E-state index in [2.05, 4.69) is 4.72 Å². The summed E-state index contributed by atoms with van der Waals surface area (Å²) in [7, 11) is -2.37. The lowest BCUT2D eigenvalue weighted by Gasteiger charge is -2.19. The van der Waals surface area contributed by atoms with E-state index in [-0.39, 0.29) is 6.04 Å². The van der Waals surface area contributed by atoms with Crippen LogP contribution in [-0.2, 0) is 10.9 Å². The normalized spacial score (nSPS) is 21.7. The highest BCUT2D eigenvalue weighted by Crippen LogP contribution is 2.16. The molecule has 1 aliphatic carbocycles. The van der Waals surface area contributed by atoms with E-state index in [1.807, 2.05) is 0 Å². The number of nitrogens with one attached hydrogen (secondary N) is 1. The molecule has 0 amide bonds. The Bertz CT molecular complexity index is 153. The second-order valence-electron chi connectivity index (χ2n) is 2.72. The van der Waals surface area contributed by atoms with Crippen molar-refractivity contribution in [3.8, 4) is 0 Å². The minimum Gasteiger partial charge on any atom is -0.216 e. The predicted molar refractivity (Wildman–Crippen MR) is 40.3 cm³/mol. The van der Waals surface area contributed by atoms with Gasteiger partial charge in [-0.3, -0.25) is 0 Å². The Morgan fingerprint density at radius 2 is 1.70 bits per heavy atom. The van der Waals surface area contributed by atoms with E-state index in [0.717, 1.165) is 12.8 Å². The molecule has 1 rings (SSSR count). The number of thiol groups is 1. The fourth-order valence-electron chi connectivity index (χ4n) is 1.38. The van der Waals surface area contributed by atoms with Crippen LogP contribution in [0.25, 0.3) is 0 Å². The fourth-order valence-corrected chi connectivity index (χ4v) is 1.94. The van der Waals surface area contributed by atoms with Crippen LogP contribution in [0.2, 0.25) is 0 Å². The molecule has 3 nitrogen and oxygen atoms in total. The van der Waals surface area contributed by atoms with Crippen LogP contribution in [0.1, 0.15) is 32.1 Å². The van der Waals surface area contributed by atoms with Gasteiger partial charge in [-0.2, -0.15) is 0 Å². The Morgan fingerprint density at radius 1 is 1.10 bits per heavy atom.